The molecule has 2 atom stereocenters. The van der Waals surface area contributed by atoms with Crippen LogP contribution in [0.25, 0.3) is 21.5 Å². The molecule has 0 saturated carbocycles. The molecule has 0 bridgehead atoms. The Kier molecular flexibility index (Phi) is 15.4. The summed E-state index contributed by atoms with van der Waals surface area (Å²) in [6.07, 6.45) is 4.44. The molecule has 0 spiro atoms. The average Bonchev–Trinajstić information content (AvgIpc) is 3.10. The predicted octanol–water partition coefficient (Wildman–Crippen LogP) is 7.13. The molecule has 0 heterocycles. The summed E-state index contributed by atoms with van der Waals surface area (Å²) < 4.78 is 21.8. The van der Waals surface area contributed by atoms with Crippen LogP contribution in [0.5, 0.6) is 0 Å². The fraction of sp³-hybridized carbons (Fsp3) is 0.425. The number of unbranched alkanes of at least 4 members (excludes halogenated alkanes) is 4. The van der Waals surface area contributed by atoms with Gasteiger partial charge in [-0.15, -0.1) is 0 Å². The molecule has 0 fully saturated rings. The minimum absolute atomic E-state index is 0.0957. The zero-order valence-electron chi connectivity index (χ0n) is 28.3. The first kappa shape index (κ1) is 36.6. The lowest BCUT2D eigenvalue weighted by molar-refractivity contribution is -0.177. The number of carbonyl (C=O) groups is 3. The highest BCUT2D eigenvalue weighted by molar-refractivity contribution is 5.89. The molecule has 0 aliphatic rings. The lowest BCUT2D eigenvalue weighted by Crippen LogP contribution is -2.50. The normalized spacial score (nSPS) is 12.5. The second-order valence-electron chi connectivity index (χ2n) is 11.9. The number of aryl methyl sites for hydroxylation is 2. The molecule has 8 nitrogen and oxygen atoms in total. The first-order valence-corrected chi connectivity index (χ1v) is 17.3. The van der Waals surface area contributed by atoms with Crippen LogP contribution in [0, 0.1) is 0 Å². The third-order valence-corrected chi connectivity index (χ3v) is 8.21. The Labute approximate surface area is 284 Å². The number of hydrogen-bond acceptors (Lipinski definition) is 7. The van der Waals surface area contributed by atoms with Crippen molar-refractivity contribution in [1.82, 2.24) is 5.32 Å². The standard InChI is InChI=1S/C40H49NO7/c1-3-45-36(42)29-48-38(40(44)46-4-2)37(47-26-14-6-8-16-31-22-24-33-18-10-12-20-35(33)28-31)39(43)41-25-13-5-7-15-30-21-23-32-17-9-11-19-34(32)27-30/h9-12,17-24,27-28,37-38H,3-8,13-16,25-26,29H2,1-2H3,(H,41,43). The number of benzene rings is 4. The van der Waals surface area contributed by atoms with Gasteiger partial charge in [0.1, 0.15) is 6.61 Å². The Balaban J connectivity index is 1.27. The molecule has 1 N–H and O–H groups in total. The van der Waals surface area contributed by atoms with Crippen molar-refractivity contribution in [3.63, 3.8) is 0 Å². The second kappa shape index (κ2) is 20.2. The fourth-order valence-corrected chi connectivity index (χ4v) is 5.71. The van der Waals surface area contributed by atoms with Crippen molar-refractivity contribution in [2.24, 2.45) is 0 Å². The highest BCUT2D eigenvalue weighted by Gasteiger charge is 2.37. The number of rotatable bonds is 21. The molecule has 0 radical (unpaired) electrons. The molecule has 256 valence electrons. The summed E-state index contributed by atoms with van der Waals surface area (Å²) in [5.74, 6) is -1.86. The smallest absolute Gasteiger partial charge is 0.338 e. The van der Waals surface area contributed by atoms with Crippen LogP contribution >= 0.6 is 0 Å². The van der Waals surface area contributed by atoms with Crippen LogP contribution in [0.3, 0.4) is 0 Å². The van der Waals surface area contributed by atoms with E-state index < -0.39 is 36.7 Å². The largest absolute Gasteiger partial charge is 0.464 e. The van der Waals surface area contributed by atoms with Gasteiger partial charge >= 0.3 is 11.9 Å². The summed E-state index contributed by atoms with van der Waals surface area (Å²) in [5, 5.41) is 7.83. The Bertz CT molecular complexity index is 1600. The van der Waals surface area contributed by atoms with Gasteiger partial charge < -0.3 is 24.3 Å². The minimum Gasteiger partial charge on any atom is -0.464 e. The van der Waals surface area contributed by atoms with Gasteiger partial charge in [-0.25, -0.2) is 9.59 Å². The number of amides is 1. The van der Waals surface area contributed by atoms with Crippen LogP contribution in [-0.4, -0.2) is 63.0 Å². The molecule has 4 aromatic rings. The monoisotopic (exact) mass is 655 g/mol. The van der Waals surface area contributed by atoms with Crippen molar-refractivity contribution in [2.45, 2.75) is 77.4 Å². The van der Waals surface area contributed by atoms with Crippen molar-refractivity contribution < 1.29 is 33.3 Å². The van der Waals surface area contributed by atoms with E-state index in [1.807, 2.05) is 24.3 Å². The number of carbonyl (C=O) groups excluding carboxylic acids is 3. The Hall–Kier alpha value is -4.27. The summed E-state index contributed by atoms with van der Waals surface area (Å²) in [6.45, 7) is 3.80. The average molecular weight is 656 g/mol. The number of esters is 2. The topological polar surface area (TPSA) is 100 Å². The summed E-state index contributed by atoms with van der Waals surface area (Å²) in [5.41, 5.74) is 2.57. The van der Waals surface area contributed by atoms with Crippen molar-refractivity contribution in [3.8, 4) is 0 Å². The molecule has 48 heavy (non-hydrogen) atoms. The van der Waals surface area contributed by atoms with E-state index in [2.05, 4.69) is 66.0 Å². The first-order valence-electron chi connectivity index (χ1n) is 17.3. The van der Waals surface area contributed by atoms with Gasteiger partial charge in [0.2, 0.25) is 0 Å². The fourth-order valence-electron chi connectivity index (χ4n) is 5.71. The minimum atomic E-state index is -1.40. The molecular weight excluding hydrogens is 606 g/mol. The number of nitrogens with one attached hydrogen (secondary N) is 1. The number of hydrogen-bond donors (Lipinski definition) is 1. The number of ether oxygens (including phenoxy) is 4. The van der Waals surface area contributed by atoms with Gasteiger partial charge in [0.15, 0.2) is 12.2 Å². The summed E-state index contributed by atoms with van der Waals surface area (Å²) in [4.78, 5) is 38.4. The van der Waals surface area contributed by atoms with Crippen LogP contribution in [0.15, 0.2) is 84.9 Å². The molecule has 8 heteroatoms. The maximum Gasteiger partial charge on any atom is 0.338 e. The van der Waals surface area contributed by atoms with Crippen molar-refractivity contribution >= 4 is 39.4 Å². The zero-order valence-corrected chi connectivity index (χ0v) is 28.3. The van der Waals surface area contributed by atoms with Crippen molar-refractivity contribution in [2.75, 3.05) is 33.0 Å². The van der Waals surface area contributed by atoms with Gasteiger partial charge in [-0.1, -0.05) is 97.8 Å². The zero-order chi connectivity index (χ0) is 34.0. The Morgan fingerprint density at radius 3 is 1.75 bits per heavy atom. The summed E-state index contributed by atoms with van der Waals surface area (Å²) >= 11 is 0. The number of fused-ring (bicyclic) bond motifs is 2. The highest BCUT2D eigenvalue weighted by atomic mass is 16.6. The molecule has 4 rings (SSSR count). The van der Waals surface area contributed by atoms with Crippen LogP contribution in [-0.2, 0) is 46.2 Å². The lowest BCUT2D eigenvalue weighted by atomic mass is 10.0. The second-order valence-corrected chi connectivity index (χ2v) is 11.9. The van der Waals surface area contributed by atoms with Crippen LogP contribution in [0.1, 0.15) is 63.5 Å². The van der Waals surface area contributed by atoms with E-state index in [0.717, 1.165) is 44.9 Å². The third-order valence-electron chi connectivity index (χ3n) is 8.21. The molecule has 4 aromatic carbocycles. The molecule has 1 amide bonds. The third kappa shape index (κ3) is 11.8. The Morgan fingerprint density at radius 2 is 1.17 bits per heavy atom. The van der Waals surface area contributed by atoms with Crippen LogP contribution in [0.2, 0.25) is 0 Å². The Morgan fingerprint density at radius 1 is 0.604 bits per heavy atom. The van der Waals surface area contributed by atoms with E-state index in [1.54, 1.807) is 13.8 Å². The molecule has 0 aromatic heterocycles. The van der Waals surface area contributed by atoms with E-state index in [0.29, 0.717) is 13.0 Å². The van der Waals surface area contributed by atoms with Crippen molar-refractivity contribution in [3.05, 3.63) is 96.1 Å². The van der Waals surface area contributed by atoms with Gasteiger partial charge in [-0.05, 0) is 85.0 Å². The van der Waals surface area contributed by atoms with Gasteiger partial charge in [-0.3, -0.25) is 4.79 Å². The van der Waals surface area contributed by atoms with Gasteiger partial charge in [-0.2, -0.15) is 0 Å². The molecule has 2 unspecified atom stereocenters. The van der Waals surface area contributed by atoms with E-state index in [9.17, 15) is 14.4 Å². The van der Waals surface area contributed by atoms with E-state index in [1.165, 1.54) is 32.7 Å². The van der Waals surface area contributed by atoms with Gasteiger partial charge in [0.05, 0.1) is 13.2 Å². The predicted molar refractivity (Wildman–Crippen MR) is 189 cm³/mol. The first-order chi connectivity index (χ1) is 23.5. The summed E-state index contributed by atoms with van der Waals surface area (Å²) in [7, 11) is 0. The molecule has 0 saturated heterocycles. The van der Waals surface area contributed by atoms with Gasteiger partial charge in [0, 0.05) is 13.2 Å². The van der Waals surface area contributed by atoms with Crippen LogP contribution < -0.4 is 5.32 Å². The molecular formula is C40H49NO7. The maximum absolute atomic E-state index is 13.4. The van der Waals surface area contributed by atoms with Crippen molar-refractivity contribution in [1.29, 1.82) is 0 Å². The summed E-state index contributed by atoms with van der Waals surface area (Å²) in [6, 6.07) is 29.7. The lowest BCUT2D eigenvalue weighted by Gasteiger charge is -2.25. The molecule has 0 aliphatic heterocycles. The van der Waals surface area contributed by atoms with E-state index >= 15 is 0 Å². The highest BCUT2D eigenvalue weighted by Crippen LogP contribution is 2.19. The quantitative estimate of drug-likeness (QED) is 0.0753. The van der Waals surface area contributed by atoms with E-state index in [4.69, 9.17) is 18.9 Å². The van der Waals surface area contributed by atoms with Gasteiger partial charge in [0.25, 0.3) is 5.91 Å². The van der Waals surface area contributed by atoms with E-state index in [-0.39, 0.29) is 19.8 Å². The maximum atomic E-state index is 13.4. The molecule has 0 aliphatic carbocycles. The van der Waals surface area contributed by atoms with Crippen LogP contribution in [0.4, 0.5) is 0 Å². The SMILES string of the molecule is CCOC(=O)COC(C(=O)OCC)C(OCCCCCc1ccc2ccccc2c1)C(=O)NCCCCCc1ccc2ccccc2c1.